The maximum atomic E-state index is 17.1. The molecule has 2 N–H and O–H groups in total. The largest absolute Gasteiger partial charge is 0.508 e. The molecule has 48 heavy (non-hydrogen) atoms. The van der Waals surface area contributed by atoms with Crippen LogP contribution in [0.3, 0.4) is 0 Å². The number of nitrogens with zero attached hydrogens (tertiary/aromatic N) is 5. The van der Waals surface area contributed by atoms with Gasteiger partial charge in [-0.1, -0.05) is 12.0 Å². The summed E-state index contributed by atoms with van der Waals surface area (Å²) in [6.07, 6.45) is 6.45. The van der Waals surface area contributed by atoms with E-state index in [-0.39, 0.29) is 96.3 Å². The molecule has 0 saturated carbocycles. The van der Waals surface area contributed by atoms with Crippen molar-refractivity contribution in [3.8, 4) is 35.2 Å². The van der Waals surface area contributed by atoms with Gasteiger partial charge in [0.2, 0.25) is 0 Å². The van der Waals surface area contributed by atoms with E-state index in [1.165, 1.54) is 12.1 Å². The Balaban J connectivity index is 1.47. The summed E-state index contributed by atoms with van der Waals surface area (Å²) >= 11 is 0. The zero-order valence-corrected chi connectivity index (χ0v) is 26.0. The third-order valence-corrected chi connectivity index (χ3v) is 9.51. The fraction of sp³-hybridized carbons (Fsp3) is 0.412. The van der Waals surface area contributed by atoms with E-state index in [2.05, 4.69) is 15.9 Å². The molecule has 1 aromatic heterocycles. The number of aliphatic hydroxyl groups is 1. The molecule has 14 heteroatoms. The van der Waals surface area contributed by atoms with Crippen LogP contribution in [0.5, 0.6) is 11.8 Å². The molecule has 1 unspecified atom stereocenters. The highest BCUT2D eigenvalue weighted by atomic mass is 19.1. The third-order valence-electron chi connectivity index (χ3n) is 9.51. The Morgan fingerprint density at radius 3 is 2.83 bits per heavy atom. The molecule has 0 aliphatic carbocycles. The van der Waals surface area contributed by atoms with E-state index in [1.807, 2.05) is 4.90 Å². The van der Waals surface area contributed by atoms with Crippen molar-refractivity contribution in [2.24, 2.45) is 0 Å². The first kappa shape index (κ1) is 31.9. The zero-order valence-electron chi connectivity index (χ0n) is 26.0. The summed E-state index contributed by atoms with van der Waals surface area (Å²) in [6, 6.07) is 5.66. The van der Waals surface area contributed by atoms with Gasteiger partial charge in [0.1, 0.15) is 41.3 Å². The van der Waals surface area contributed by atoms with E-state index in [9.17, 15) is 29.1 Å². The minimum atomic E-state index is -1.35. The van der Waals surface area contributed by atoms with Crippen LogP contribution in [0.2, 0.25) is 0 Å². The second kappa shape index (κ2) is 11.8. The first-order chi connectivity index (χ1) is 22.9. The van der Waals surface area contributed by atoms with Crippen molar-refractivity contribution in [2.75, 3.05) is 50.9 Å². The van der Waals surface area contributed by atoms with Crippen LogP contribution in [0, 0.1) is 34.1 Å². The molecular weight excluding hydrogens is 631 g/mol. The Kier molecular flexibility index (Phi) is 7.81. The van der Waals surface area contributed by atoms with E-state index in [4.69, 9.17) is 15.9 Å². The summed E-state index contributed by atoms with van der Waals surface area (Å²) in [5.41, 5.74) is -4.04. The molecule has 3 aliphatic rings. The van der Waals surface area contributed by atoms with Crippen molar-refractivity contribution in [1.29, 1.82) is 0 Å². The van der Waals surface area contributed by atoms with Crippen LogP contribution in [-0.2, 0) is 4.74 Å². The molecule has 0 radical (unpaired) electrons. The summed E-state index contributed by atoms with van der Waals surface area (Å²) in [4.78, 5) is 24.5. The standard InChI is InChI=1S/C34H32F3N5O6/c1-3-22-25(36)6-5-19-11-21(43)12-23(27(19)22)28-26(42(45)46)13-24-30(29(28)37)38-32(39-31(24)40-9-10-47-17-33(2,44)16-40)48-18-34-7-4-8-41(34)15-20(35)14-34/h1,5-6,11-13,20,43-44H,4,7-10,14-18H2,2H3/t20-,33?,34+/m1/s1. The first-order valence-corrected chi connectivity index (χ1v) is 15.6. The second-order valence-electron chi connectivity index (χ2n) is 13.1. The minimum absolute atomic E-state index is 0.00875. The van der Waals surface area contributed by atoms with Gasteiger partial charge in [0.25, 0.3) is 5.69 Å². The van der Waals surface area contributed by atoms with Gasteiger partial charge in [-0.25, -0.2) is 13.2 Å². The number of nitro groups is 1. The Bertz CT molecular complexity index is 2020. The van der Waals surface area contributed by atoms with E-state index < -0.39 is 45.1 Å². The number of phenols is 1. The molecule has 3 aliphatic heterocycles. The maximum Gasteiger partial charge on any atom is 0.319 e. The minimum Gasteiger partial charge on any atom is -0.508 e. The van der Waals surface area contributed by atoms with Crippen LogP contribution in [0.15, 0.2) is 30.3 Å². The van der Waals surface area contributed by atoms with E-state index in [0.29, 0.717) is 6.42 Å². The number of fused-ring (bicyclic) bond motifs is 3. The molecule has 7 rings (SSSR count). The fourth-order valence-corrected chi connectivity index (χ4v) is 7.48. The Hall–Kier alpha value is -4.71. The van der Waals surface area contributed by atoms with Gasteiger partial charge in [-0.05, 0) is 49.9 Å². The number of halogens is 3. The SMILES string of the molecule is C#Cc1c(F)ccc2cc(O)cc(-c3c([N+](=O)[O-])cc4c(N5CCOCC(C)(O)C5)nc(OC[C@@]56CCCN5C[C@H](F)C6)nc4c3F)c12. The molecule has 4 aromatic rings. The lowest BCUT2D eigenvalue weighted by atomic mass is 9.92. The van der Waals surface area contributed by atoms with Crippen LogP contribution < -0.4 is 9.64 Å². The predicted octanol–water partition coefficient (Wildman–Crippen LogP) is 4.87. The lowest BCUT2D eigenvalue weighted by Crippen LogP contribution is -2.44. The van der Waals surface area contributed by atoms with Crippen LogP contribution in [-0.4, -0.2) is 93.3 Å². The predicted molar refractivity (Wildman–Crippen MR) is 171 cm³/mol. The van der Waals surface area contributed by atoms with E-state index in [0.717, 1.165) is 31.2 Å². The average molecular weight is 664 g/mol. The smallest absolute Gasteiger partial charge is 0.319 e. The highest BCUT2D eigenvalue weighted by molar-refractivity contribution is 6.06. The van der Waals surface area contributed by atoms with Crippen molar-refractivity contribution < 1.29 is 37.8 Å². The summed E-state index contributed by atoms with van der Waals surface area (Å²) in [5.74, 6) is -0.0205. The van der Waals surface area contributed by atoms with Crippen molar-refractivity contribution in [3.05, 3.63) is 57.6 Å². The maximum absolute atomic E-state index is 17.1. The van der Waals surface area contributed by atoms with Gasteiger partial charge in [-0.3, -0.25) is 15.0 Å². The Morgan fingerprint density at radius 1 is 1.25 bits per heavy atom. The van der Waals surface area contributed by atoms with Crippen molar-refractivity contribution in [3.63, 3.8) is 0 Å². The molecule has 3 fully saturated rings. The second-order valence-corrected chi connectivity index (χ2v) is 13.1. The van der Waals surface area contributed by atoms with Gasteiger partial charge in [-0.15, -0.1) is 6.42 Å². The lowest BCUT2D eigenvalue weighted by molar-refractivity contribution is -0.384. The van der Waals surface area contributed by atoms with Crippen molar-refractivity contribution in [2.45, 2.75) is 43.5 Å². The van der Waals surface area contributed by atoms with Gasteiger partial charge >= 0.3 is 6.01 Å². The first-order valence-electron chi connectivity index (χ1n) is 15.6. The van der Waals surface area contributed by atoms with Gasteiger partial charge in [0.15, 0.2) is 5.82 Å². The number of β-amino-alcohol motifs (C(OH)–C–C–N with tert-alkyl or cyclic N) is 1. The Morgan fingerprint density at radius 2 is 2.06 bits per heavy atom. The highest BCUT2D eigenvalue weighted by Crippen LogP contribution is 2.45. The number of hydrogen-bond donors (Lipinski definition) is 2. The number of phenolic OH excluding ortho intramolecular Hbond substituents is 1. The number of alkyl halides is 1. The number of aromatic hydroxyl groups is 1. The Labute approximate surface area is 273 Å². The van der Waals surface area contributed by atoms with Crippen LogP contribution in [0.1, 0.15) is 31.7 Å². The molecule has 0 amide bonds. The van der Waals surface area contributed by atoms with Gasteiger partial charge in [0, 0.05) is 36.5 Å². The number of anilines is 1. The molecular formula is C34H32F3N5O6. The fourth-order valence-electron chi connectivity index (χ4n) is 7.48. The average Bonchev–Trinajstić information content (AvgIpc) is 3.49. The third kappa shape index (κ3) is 5.41. The number of rotatable bonds is 6. The number of ether oxygens (including phenoxy) is 2. The van der Waals surface area contributed by atoms with Crippen molar-refractivity contribution >= 4 is 33.2 Å². The van der Waals surface area contributed by atoms with Gasteiger partial charge in [0.05, 0.1) is 46.7 Å². The molecule has 3 atom stereocenters. The van der Waals surface area contributed by atoms with E-state index in [1.54, 1.807) is 11.8 Å². The zero-order chi connectivity index (χ0) is 34.0. The van der Waals surface area contributed by atoms with Gasteiger partial charge in [-0.2, -0.15) is 9.97 Å². The van der Waals surface area contributed by atoms with Crippen LogP contribution in [0.4, 0.5) is 24.7 Å². The molecule has 3 aromatic carbocycles. The molecule has 3 saturated heterocycles. The molecule has 0 spiro atoms. The highest BCUT2D eigenvalue weighted by Gasteiger charge is 2.49. The summed E-state index contributed by atoms with van der Waals surface area (Å²) in [5, 5.41) is 34.3. The quantitative estimate of drug-likeness (QED) is 0.167. The molecule has 11 nitrogen and oxygen atoms in total. The monoisotopic (exact) mass is 663 g/mol. The molecule has 250 valence electrons. The van der Waals surface area contributed by atoms with Crippen LogP contribution in [0.25, 0.3) is 32.8 Å². The van der Waals surface area contributed by atoms with Gasteiger partial charge < -0.3 is 24.6 Å². The summed E-state index contributed by atoms with van der Waals surface area (Å²) < 4.78 is 58.2. The summed E-state index contributed by atoms with van der Waals surface area (Å²) in [6.45, 7) is 2.96. The molecule has 4 heterocycles. The van der Waals surface area contributed by atoms with Crippen molar-refractivity contribution in [1.82, 2.24) is 14.9 Å². The summed E-state index contributed by atoms with van der Waals surface area (Å²) in [7, 11) is 0. The number of aromatic nitrogens is 2. The normalized spacial score (nSPS) is 24.5. The topological polar surface area (TPSA) is 134 Å². The lowest BCUT2D eigenvalue weighted by Gasteiger charge is -2.31. The number of terminal acetylenes is 1. The molecule has 0 bridgehead atoms. The van der Waals surface area contributed by atoms with Crippen LogP contribution >= 0.6 is 0 Å². The number of benzene rings is 3. The number of nitro benzene ring substituents is 1. The number of hydrogen-bond acceptors (Lipinski definition) is 10. The van der Waals surface area contributed by atoms with E-state index >= 15 is 4.39 Å².